The van der Waals surface area contributed by atoms with E-state index in [2.05, 4.69) is 13.8 Å². The lowest BCUT2D eigenvalue weighted by atomic mass is 9.38. The zero-order chi connectivity index (χ0) is 63.3. The summed E-state index contributed by atoms with van der Waals surface area (Å²) < 4.78 is 23.8. The first-order valence-electron chi connectivity index (χ1n) is 33.5. The van der Waals surface area contributed by atoms with Crippen molar-refractivity contribution in [2.24, 2.45) is 62.1 Å². The molecule has 0 saturated heterocycles. The van der Waals surface area contributed by atoms with Crippen molar-refractivity contribution in [2.45, 2.75) is 352 Å². The predicted octanol–water partition coefficient (Wildman–Crippen LogP) is 11.6. The van der Waals surface area contributed by atoms with E-state index in [-0.39, 0.29) is 65.5 Å². The van der Waals surface area contributed by atoms with Gasteiger partial charge in [-0.05, 0) is 234 Å². The van der Waals surface area contributed by atoms with E-state index in [9.17, 15) is 54.9 Å². The van der Waals surface area contributed by atoms with Crippen LogP contribution in [0.1, 0.15) is 291 Å². The minimum atomic E-state index is -1.13. The first-order valence-corrected chi connectivity index (χ1v) is 33.5. The molecular formula is C70H116O15. The number of aliphatic hydroxyl groups is 7. The summed E-state index contributed by atoms with van der Waals surface area (Å²) in [6.07, 6.45) is 20.9. The van der Waals surface area contributed by atoms with Gasteiger partial charge in [-0.15, -0.1) is 0 Å². The van der Waals surface area contributed by atoms with Gasteiger partial charge in [-0.25, -0.2) is 0 Å². The highest BCUT2D eigenvalue weighted by Gasteiger charge is 2.71. The van der Waals surface area contributed by atoms with Crippen LogP contribution in [-0.2, 0) is 38.1 Å². The molecule has 16 aliphatic rings. The second-order valence-corrected chi connectivity index (χ2v) is 36.0. The Morgan fingerprint density at radius 1 is 0.341 bits per heavy atom. The topological polar surface area (TPSA) is 247 Å². The number of esters is 4. The maximum Gasteiger partial charge on any atom is 0.312 e. The third kappa shape index (κ3) is 12.8. The molecule has 0 aromatic rings. The van der Waals surface area contributed by atoms with Gasteiger partial charge in [0, 0.05) is 69.6 Å². The molecule has 16 fully saturated rings. The van der Waals surface area contributed by atoms with Crippen LogP contribution in [0, 0.1) is 62.1 Å². The van der Waals surface area contributed by atoms with E-state index in [4.69, 9.17) is 18.9 Å². The van der Waals surface area contributed by atoms with Gasteiger partial charge in [0.05, 0.1) is 60.9 Å². The molecule has 0 aliphatic heterocycles. The third-order valence-corrected chi connectivity index (χ3v) is 25.5. The zero-order valence-corrected chi connectivity index (χ0v) is 55.6. The van der Waals surface area contributed by atoms with Crippen LogP contribution in [0.15, 0.2) is 0 Å². The average molecular weight is 1200 g/mol. The lowest BCUT2D eigenvalue weighted by molar-refractivity contribution is -0.302. The molecule has 0 radical (unpaired) electrons. The van der Waals surface area contributed by atoms with Crippen molar-refractivity contribution in [2.75, 3.05) is 0 Å². The van der Waals surface area contributed by atoms with E-state index in [0.717, 1.165) is 96.3 Å². The van der Waals surface area contributed by atoms with Crippen molar-refractivity contribution in [3.05, 3.63) is 0 Å². The van der Waals surface area contributed by atoms with E-state index in [1.54, 1.807) is 0 Å². The number of carbonyl (C=O) groups excluding carboxylic acids is 4. The van der Waals surface area contributed by atoms with Gasteiger partial charge in [-0.3, -0.25) is 19.2 Å². The highest BCUT2D eigenvalue weighted by molar-refractivity contribution is 5.78. The molecule has 6 unspecified atom stereocenters. The second kappa shape index (κ2) is 21.1. The summed E-state index contributed by atoms with van der Waals surface area (Å²) in [5, 5.41) is 74.9. The van der Waals surface area contributed by atoms with Gasteiger partial charge in [0.2, 0.25) is 0 Å². The normalized spacial score (nSPS) is 44.1. The van der Waals surface area contributed by atoms with Crippen LogP contribution in [-0.4, -0.2) is 121 Å². The molecule has 0 heterocycles. The molecule has 15 nitrogen and oxygen atoms in total. The lowest BCUT2D eigenvalue weighted by Gasteiger charge is -2.68. The van der Waals surface area contributed by atoms with Crippen LogP contribution in [0.2, 0.25) is 0 Å². The quantitative estimate of drug-likeness (QED) is 0.0631. The first-order chi connectivity index (χ1) is 38.5. The molecule has 0 amide bonds. The minimum absolute atomic E-state index is 0.0105. The Hall–Kier alpha value is -2.40. The van der Waals surface area contributed by atoms with E-state index in [0.29, 0.717) is 75.0 Å². The molecule has 16 bridgehead atoms. The van der Waals surface area contributed by atoms with Crippen molar-refractivity contribution in [1.82, 2.24) is 0 Å². The zero-order valence-electron chi connectivity index (χ0n) is 55.6. The molecule has 16 aliphatic carbocycles. The summed E-state index contributed by atoms with van der Waals surface area (Å²) in [4.78, 5) is 50.0. The maximum absolute atomic E-state index is 12.8. The molecule has 7 N–H and O–H groups in total. The molecular weight excluding hydrogens is 1080 g/mol. The van der Waals surface area contributed by atoms with Crippen LogP contribution in [0.4, 0.5) is 0 Å². The number of rotatable bonds is 14. The van der Waals surface area contributed by atoms with E-state index < -0.39 is 77.7 Å². The van der Waals surface area contributed by atoms with Crippen LogP contribution >= 0.6 is 0 Å². The van der Waals surface area contributed by atoms with E-state index >= 15 is 0 Å². The Kier molecular flexibility index (Phi) is 16.6. The van der Waals surface area contributed by atoms with Crippen molar-refractivity contribution in [3.8, 4) is 0 Å². The Bertz CT molecular complexity index is 2470. The van der Waals surface area contributed by atoms with Crippen LogP contribution in [0.3, 0.4) is 0 Å². The summed E-state index contributed by atoms with van der Waals surface area (Å²) in [6, 6.07) is 0. The fourth-order valence-corrected chi connectivity index (χ4v) is 20.9. The maximum atomic E-state index is 12.8. The Labute approximate surface area is 510 Å². The molecule has 0 aromatic carbocycles. The SMILES string of the molecule is CCC(C)(C)C(=O)OC(C)(C)C12CC3CC(CC(C(C)(C)O)(C3)C1)C2.CCC(C)(C)C(=O)OC12CC3(O)CC(O)(CC(O)(C3)C1)C2.CCC(C)(C)C(=O)OC12CC3CC(CC(O)(C3)C1)C2.CCC(C)(C)C(=O)OC12CC3CC(O)(CC(O)(C3)C1)C2. The molecule has 0 aromatic heterocycles. The number of carbonyl (C=O) groups is 4. The highest BCUT2D eigenvalue weighted by Crippen LogP contribution is 2.72. The largest absolute Gasteiger partial charge is 0.459 e. The Morgan fingerprint density at radius 3 is 1.00 bits per heavy atom. The second-order valence-electron chi connectivity index (χ2n) is 36.0. The predicted molar refractivity (Wildman–Crippen MR) is 322 cm³/mol. The summed E-state index contributed by atoms with van der Waals surface area (Å²) in [6.45, 7) is 31.5. The molecule has 16 saturated carbocycles. The van der Waals surface area contributed by atoms with Gasteiger partial charge < -0.3 is 54.7 Å². The van der Waals surface area contributed by atoms with Gasteiger partial charge in [-0.2, -0.15) is 0 Å². The van der Waals surface area contributed by atoms with Crippen LogP contribution in [0.25, 0.3) is 0 Å². The van der Waals surface area contributed by atoms with Crippen molar-refractivity contribution in [1.29, 1.82) is 0 Å². The smallest absolute Gasteiger partial charge is 0.312 e. The monoisotopic (exact) mass is 1200 g/mol. The highest BCUT2D eigenvalue weighted by atomic mass is 16.6. The summed E-state index contributed by atoms with van der Waals surface area (Å²) in [7, 11) is 0. The van der Waals surface area contributed by atoms with E-state index in [1.807, 2.05) is 96.9 Å². The van der Waals surface area contributed by atoms with Crippen LogP contribution in [0.5, 0.6) is 0 Å². The lowest BCUT2D eigenvalue weighted by Crippen LogP contribution is -2.72. The number of ether oxygens (including phenoxy) is 4. The fraction of sp³-hybridized carbons (Fsp3) is 0.943. The van der Waals surface area contributed by atoms with Gasteiger partial charge in [0.25, 0.3) is 0 Å². The van der Waals surface area contributed by atoms with Crippen molar-refractivity contribution in [3.63, 3.8) is 0 Å². The Morgan fingerprint density at radius 2 is 0.635 bits per heavy atom. The van der Waals surface area contributed by atoms with Gasteiger partial charge >= 0.3 is 23.9 Å². The Balaban J connectivity index is 0.000000136. The number of hydrogen-bond donors (Lipinski definition) is 7. The molecule has 0 spiro atoms. The van der Waals surface area contributed by atoms with Gasteiger partial charge in [0.1, 0.15) is 22.4 Å². The van der Waals surface area contributed by atoms with Gasteiger partial charge in [0.15, 0.2) is 0 Å². The summed E-state index contributed by atoms with van der Waals surface area (Å²) >= 11 is 0. The van der Waals surface area contributed by atoms with Gasteiger partial charge in [-0.1, -0.05) is 27.7 Å². The molecule has 486 valence electrons. The average Bonchev–Trinajstić information content (AvgIpc) is 0.820. The van der Waals surface area contributed by atoms with Crippen molar-refractivity contribution < 1.29 is 73.9 Å². The van der Waals surface area contributed by atoms with Crippen LogP contribution < -0.4 is 0 Å². The molecule has 6 atom stereocenters. The third-order valence-electron chi connectivity index (χ3n) is 25.5. The first kappa shape index (κ1) is 67.0. The number of hydrogen-bond acceptors (Lipinski definition) is 15. The van der Waals surface area contributed by atoms with Crippen molar-refractivity contribution >= 4 is 23.9 Å². The minimum Gasteiger partial charge on any atom is -0.459 e. The standard InChI is InChI=1S/C22H38O3.C16H26O5.C16H26O4.C16H26O3/c1-8-18(2,3)17(23)25-20(6,7)22-12-15-9-16(13-22)11-21(10-15,14-22)19(4,5)24;1-4-12(2,3)11(17)21-16-8-13(18)5-14(19,9-16)7-15(20,6-13)10-16;1-4-13(2,3)12(17)20-16-7-11-5-14(18,9-16)8-15(19,6-11)10-16;1-4-14(2,3)13(17)19-16-8-11-5-12(9-16)7-15(18,6-11)10-16/h15-16,24H,8-14H2,1-7H3;18-20H,4-10H2,1-3H3;11,18-19H,4-10H2,1-3H3;11-12,18H,4-10H2,1-3H3. The molecule has 15 heteroatoms. The summed E-state index contributed by atoms with van der Waals surface area (Å²) in [5.41, 5.74) is -10.7. The molecule has 16 rings (SSSR count). The summed E-state index contributed by atoms with van der Waals surface area (Å²) in [5.74, 6) is 2.06. The fourth-order valence-electron chi connectivity index (χ4n) is 20.9. The molecule has 85 heavy (non-hydrogen) atoms. The van der Waals surface area contributed by atoms with E-state index in [1.165, 1.54) is 12.8 Å².